The molecule has 3 heteroatoms. The van der Waals surface area contributed by atoms with Crippen LogP contribution in [0.25, 0.3) is 54.6 Å². The average molecular weight is 666 g/mol. The van der Waals surface area contributed by atoms with Gasteiger partial charge in [-0.15, -0.1) is 0 Å². The summed E-state index contributed by atoms with van der Waals surface area (Å²) in [7, 11) is 0. The molecule has 0 spiro atoms. The normalized spacial score (nSPS) is 16.7. The van der Waals surface area contributed by atoms with E-state index in [1.165, 1.54) is 32.3 Å². The quantitative estimate of drug-likeness (QED) is 0.127. The van der Waals surface area contributed by atoms with E-state index in [2.05, 4.69) is 133 Å². The number of nitrogens with one attached hydrogen (secondary N) is 1. The molecule has 2 atom stereocenters. The Bertz CT molecular complexity index is 2680. The Kier molecular flexibility index (Phi) is 7.79. The smallest absolute Gasteiger partial charge is 0.0991 e. The monoisotopic (exact) mass is 665 g/mol. The minimum absolute atomic E-state index is 0.205. The molecule has 9 rings (SSSR count). The number of rotatable bonds is 8. The second kappa shape index (κ2) is 12.9. The highest BCUT2D eigenvalue weighted by Gasteiger charge is 2.55. The maximum absolute atomic E-state index is 9.40. The van der Waals surface area contributed by atoms with Crippen molar-refractivity contribution in [2.75, 3.05) is 0 Å². The van der Waals surface area contributed by atoms with Gasteiger partial charge in [0.05, 0.1) is 17.2 Å². The fourth-order valence-electron chi connectivity index (χ4n) is 7.93. The van der Waals surface area contributed by atoms with Crippen molar-refractivity contribution in [3.05, 3.63) is 192 Å². The Morgan fingerprint density at radius 3 is 1.87 bits per heavy atom. The van der Waals surface area contributed by atoms with Gasteiger partial charge in [-0.05, 0) is 114 Å². The number of benzene rings is 8. The first-order valence-electron chi connectivity index (χ1n) is 17.8. The molecule has 3 nitrogen and oxygen atoms in total. The topological polar surface area (TPSA) is 60.0 Å². The van der Waals surface area contributed by atoms with Crippen molar-refractivity contribution in [2.24, 2.45) is 10.9 Å². The van der Waals surface area contributed by atoms with Gasteiger partial charge in [0.2, 0.25) is 0 Å². The summed E-state index contributed by atoms with van der Waals surface area (Å²) in [5.41, 5.74) is 8.41. The first kappa shape index (κ1) is 31.4. The molecule has 8 aromatic carbocycles. The van der Waals surface area contributed by atoms with Crippen LogP contribution in [0.5, 0.6) is 0 Å². The lowest BCUT2D eigenvalue weighted by atomic mass is 9.91. The van der Waals surface area contributed by atoms with Gasteiger partial charge >= 0.3 is 0 Å². The predicted octanol–water partition coefficient (Wildman–Crippen LogP) is 12.1. The molecule has 8 aromatic rings. The van der Waals surface area contributed by atoms with Gasteiger partial charge in [0.25, 0.3) is 0 Å². The Labute approximate surface area is 303 Å². The lowest BCUT2D eigenvalue weighted by molar-refractivity contribution is 0.649. The zero-order valence-electron chi connectivity index (χ0n) is 28.6. The summed E-state index contributed by atoms with van der Waals surface area (Å²) >= 11 is 0. The van der Waals surface area contributed by atoms with Gasteiger partial charge in [-0.2, -0.15) is 5.26 Å². The van der Waals surface area contributed by atoms with Crippen molar-refractivity contribution < 1.29 is 0 Å². The first-order chi connectivity index (χ1) is 25.6. The summed E-state index contributed by atoms with van der Waals surface area (Å²) < 4.78 is 0. The molecule has 246 valence electrons. The highest BCUT2D eigenvalue weighted by atomic mass is 14.9. The van der Waals surface area contributed by atoms with E-state index in [0.29, 0.717) is 17.7 Å². The van der Waals surface area contributed by atoms with Crippen LogP contribution in [0.4, 0.5) is 0 Å². The SMILES string of the molecule is N#Cc1cccc(-c2ccc(C3(N=Cc4ccccc4)CC3CC(=N)c3cccc(-c4ccc5c6ccccc6c6ccccc6c5c4)c3)cc2)c1. The molecule has 0 aromatic heterocycles. The van der Waals surface area contributed by atoms with Gasteiger partial charge in [0.15, 0.2) is 0 Å². The van der Waals surface area contributed by atoms with E-state index in [1.807, 2.05) is 48.7 Å². The van der Waals surface area contributed by atoms with Crippen LogP contribution < -0.4 is 0 Å². The molecule has 1 saturated carbocycles. The highest BCUT2D eigenvalue weighted by molar-refractivity contribution is 6.25. The van der Waals surface area contributed by atoms with Crippen LogP contribution in [0.15, 0.2) is 175 Å². The third-order valence-electron chi connectivity index (χ3n) is 10.8. The molecule has 0 radical (unpaired) electrons. The Morgan fingerprint density at radius 1 is 0.596 bits per heavy atom. The largest absolute Gasteiger partial charge is 0.305 e. The third-order valence-corrected chi connectivity index (χ3v) is 10.8. The molecule has 0 saturated heterocycles. The van der Waals surface area contributed by atoms with Crippen LogP contribution in [-0.2, 0) is 5.54 Å². The number of hydrogen-bond donors (Lipinski definition) is 1. The van der Waals surface area contributed by atoms with Crippen molar-refractivity contribution in [3.63, 3.8) is 0 Å². The van der Waals surface area contributed by atoms with E-state index in [9.17, 15) is 10.7 Å². The van der Waals surface area contributed by atoms with Crippen LogP contribution in [-0.4, -0.2) is 11.9 Å². The maximum atomic E-state index is 9.40. The minimum atomic E-state index is -0.394. The summed E-state index contributed by atoms with van der Waals surface area (Å²) in [5, 5.41) is 26.3. The molecule has 1 aliphatic carbocycles. The minimum Gasteiger partial charge on any atom is -0.305 e. The standard InChI is InChI=1S/C49H35N3/c50-31-34-12-8-13-36(26-34)35-20-23-40(24-21-35)49(52-32-33-10-2-1-3-11-33)30-41(49)29-48(51)39-15-9-14-37(27-39)38-22-25-46-44-18-5-4-16-42(44)43-17-6-7-19-45(43)47(46)28-38/h1-28,32,41,51H,29-30H2. The van der Waals surface area contributed by atoms with E-state index in [-0.39, 0.29) is 5.92 Å². The van der Waals surface area contributed by atoms with Gasteiger partial charge in [-0.1, -0.05) is 146 Å². The van der Waals surface area contributed by atoms with Gasteiger partial charge in [0, 0.05) is 11.9 Å². The summed E-state index contributed by atoms with van der Waals surface area (Å²) in [6.07, 6.45) is 3.50. The van der Waals surface area contributed by atoms with Crippen LogP contribution in [0.2, 0.25) is 0 Å². The maximum Gasteiger partial charge on any atom is 0.0991 e. The molecule has 0 amide bonds. The van der Waals surface area contributed by atoms with E-state index >= 15 is 0 Å². The second-order valence-corrected chi connectivity index (χ2v) is 13.9. The van der Waals surface area contributed by atoms with Crippen LogP contribution in [0.3, 0.4) is 0 Å². The lowest BCUT2D eigenvalue weighted by Crippen LogP contribution is -2.11. The molecule has 0 heterocycles. The van der Waals surface area contributed by atoms with Crippen molar-refractivity contribution in [1.29, 1.82) is 10.7 Å². The van der Waals surface area contributed by atoms with E-state index < -0.39 is 5.54 Å². The van der Waals surface area contributed by atoms with E-state index in [0.717, 1.165) is 45.4 Å². The second-order valence-electron chi connectivity index (χ2n) is 13.9. The number of aliphatic imine (C=N–C) groups is 1. The van der Waals surface area contributed by atoms with Crippen LogP contribution >= 0.6 is 0 Å². The van der Waals surface area contributed by atoms with Crippen molar-refractivity contribution in [1.82, 2.24) is 0 Å². The molecule has 0 aliphatic heterocycles. The van der Waals surface area contributed by atoms with Crippen molar-refractivity contribution in [2.45, 2.75) is 18.4 Å². The van der Waals surface area contributed by atoms with Gasteiger partial charge in [0.1, 0.15) is 0 Å². The molecule has 52 heavy (non-hydrogen) atoms. The summed E-state index contributed by atoms with van der Waals surface area (Å²) in [6, 6.07) is 61.4. The third kappa shape index (κ3) is 5.65. The first-order valence-corrected chi connectivity index (χ1v) is 17.8. The predicted molar refractivity (Wildman–Crippen MR) is 216 cm³/mol. The molecule has 1 aliphatic rings. The number of hydrogen-bond acceptors (Lipinski definition) is 3. The van der Waals surface area contributed by atoms with Gasteiger partial charge in [-0.3, -0.25) is 4.99 Å². The van der Waals surface area contributed by atoms with Crippen LogP contribution in [0.1, 0.15) is 35.1 Å². The number of nitriles is 1. The molecule has 1 fully saturated rings. The van der Waals surface area contributed by atoms with Crippen molar-refractivity contribution in [3.8, 4) is 28.3 Å². The molecular weight excluding hydrogens is 631 g/mol. The zero-order valence-corrected chi connectivity index (χ0v) is 28.6. The molecule has 1 N–H and O–H groups in total. The Balaban J connectivity index is 1.02. The summed E-state index contributed by atoms with van der Waals surface area (Å²) in [6.45, 7) is 0. The Hall–Kier alpha value is -6.63. The van der Waals surface area contributed by atoms with Gasteiger partial charge in [-0.25, -0.2) is 0 Å². The van der Waals surface area contributed by atoms with Gasteiger partial charge < -0.3 is 5.41 Å². The van der Waals surface area contributed by atoms with E-state index in [1.54, 1.807) is 0 Å². The molecule has 2 unspecified atom stereocenters. The van der Waals surface area contributed by atoms with Crippen molar-refractivity contribution >= 4 is 44.2 Å². The number of fused-ring (bicyclic) bond motifs is 6. The fourth-order valence-corrected chi connectivity index (χ4v) is 7.93. The summed E-state index contributed by atoms with van der Waals surface area (Å²) in [5.74, 6) is 0.205. The lowest BCUT2D eigenvalue weighted by Gasteiger charge is -2.16. The number of nitrogens with zero attached hydrogens (tertiary/aromatic N) is 2. The van der Waals surface area contributed by atoms with E-state index in [4.69, 9.17) is 4.99 Å². The van der Waals surface area contributed by atoms with Crippen LogP contribution in [0, 0.1) is 22.7 Å². The summed E-state index contributed by atoms with van der Waals surface area (Å²) in [4.78, 5) is 5.24. The zero-order chi connectivity index (χ0) is 35.1. The highest BCUT2D eigenvalue weighted by Crippen LogP contribution is 2.57. The fraction of sp³-hybridized carbons (Fsp3) is 0.0816. The average Bonchev–Trinajstić information content (AvgIpc) is 3.93. The Morgan fingerprint density at radius 2 is 1.17 bits per heavy atom. The molecule has 0 bridgehead atoms. The molecular formula is C49H35N3.